The zero-order valence-electron chi connectivity index (χ0n) is 8.97. The Kier molecular flexibility index (Phi) is 4.37. The highest BCUT2D eigenvalue weighted by atomic mass is 19.1. The molecule has 0 aliphatic heterocycles. The highest BCUT2D eigenvalue weighted by molar-refractivity contribution is 5.78. The molecule has 1 unspecified atom stereocenters. The second-order valence-corrected chi connectivity index (χ2v) is 3.40. The maximum Gasteiger partial charge on any atom is 0.234 e. The van der Waals surface area contributed by atoms with Crippen molar-refractivity contribution in [3.8, 4) is 0 Å². The summed E-state index contributed by atoms with van der Waals surface area (Å²) >= 11 is 0. The first-order valence-electron chi connectivity index (χ1n) is 5.02. The first kappa shape index (κ1) is 12.6. The molecule has 0 saturated carbocycles. The molecule has 0 aliphatic rings. The summed E-state index contributed by atoms with van der Waals surface area (Å²) in [4.78, 5) is 11.1. The number of hydrogen-bond acceptors (Lipinski definition) is 2. The van der Waals surface area contributed by atoms with Crippen LogP contribution in [-0.2, 0) is 4.79 Å². The topological polar surface area (TPSA) is 55.1 Å². The highest BCUT2D eigenvalue weighted by Crippen LogP contribution is 2.20. The molecule has 0 fully saturated rings. The standard InChI is InChI=1S/C11H14F2N2O/c1-2-10(15-11(16)6-14)8-4-3-7(12)5-9(8)13/h3-5,10H,2,6,14H2,1H3,(H,15,16). The minimum absolute atomic E-state index is 0.153. The molecule has 3 nitrogen and oxygen atoms in total. The van der Waals surface area contributed by atoms with Crippen LogP contribution in [0.2, 0.25) is 0 Å². The molecule has 0 radical (unpaired) electrons. The van der Waals surface area contributed by atoms with E-state index in [9.17, 15) is 13.6 Å². The Morgan fingerprint density at radius 2 is 2.19 bits per heavy atom. The van der Waals surface area contributed by atoms with E-state index in [0.29, 0.717) is 6.42 Å². The maximum absolute atomic E-state index is 13.4. The summed E-state index contributed by atoms with van der Waals surface area (Å²) in [5.74, 6) is -1.67. The average Bonchev–Trinajstić information content (AvgIpc) is 2.26. The van der Waals surface area contributed by atoms with Crippen LogP contribution in [0.15, 0.2) is 18.2 Å². The number of carbonyl (C=O) groups is 1. The van der Waals surface area contributed by atoms with Crippen molar-refractivity contribution >= 4 is 5.91 Å². The van der Waals surface area contributed by atoms with Crippen LogP contribution in [0, 0.1) is 11.6 Å². The van der Waals surface area contributed by atoms with Gasteiger partial charge in [0.05, 0.1) is 12.6 Å². The summed E-state index contributed by atoms with van der Waals surface area (Å²) in [6.45, 7) is 1.64. The molecule has 3 N–H and O–H groups in total. The molecular weight excluding hydrogens is 214 g/mol. The van der Waals surface area contributed by atoms with E-state index in [1.54, 1.807) is 6.92 Å². The molecule has 16 heavy (non-hydrogen) atoms. The van der Waals surface area contributed by atoms with Crippen molar-refractivity contribution in [2.45, 2.75) is 19.4 Å². The average molecular weight is 228 g/mol. The van der Waals surface area contributed by atoms with Gasteiger partial charge in [-0.2, -0.15) is 0 Å². The minimum atomic E-state index is -0.663. The van der Waals surface area contributed by atoms with Crippen LogP contribution in [0.3, 0.4) is 0 Å². The first-order valence-corrected chi connectivity index (χ1v) is 5.02. The van der Waals surface area contributed by atoms with E-state index in [4.69, 9.17) is 5.73 Å². The second-order valence-electron chi connectivity index (χ2n) is 3.40. The van der Waals surface area contributed by atoms with Gasteiger partial charge < -0.3 is 11.1 Å². The van der Waals surface area contributed by atoms with Crippen LogP contribution < -0.4 is 11.1 Å². The third-order valence-corrected chi connectivity index (χ3v) is 2.27. The van der Waals surface area contributed by atoms with Crippen molar-refractivity contribution in [1.29, 1.82) is 0 Å². The van der Waals surface area contributed by atoms with Gasteiger partial charge in [0.15, 0.2) is 0 Å². The number of hydrogen-bond donors (Lipinski definition) is 2. The SMILES string of the molecule is CCC(NC(=O)CN)c1ccc(F)cc1F. The summed E-state index contributed by atoms with van der Waals surface area (Å²) in [5.41, 5.74) is 5.42. The monoisotopic (exact) mass is 228 g/mol. The number of benzene rings is 1. The summed E-state index contributed by atoms with van der Waals surface area (Å²) in [7, 11) is 0. The molecule has 0 spiro atoms. The van der Waals surface area contributed by atoms with E-state index >= 15 is 0 Å². The lowest BCUT2D eigenvalue weighted by Crippen LogP contribution is -2.33. The first-order chi connectivity index (χ1) is 7.58. The van der Waals surface area contributed by atoms with Crippen LogP contribution in [0.5, 0.6) is 0 Å². The van der Waals surface area contributed by atoms with Crippen molar-refractivity contribution in [3.05, 3.63) is 35.4 Å². The number of nitrogens with one attached hydrogen (secondary N) is 1. The van der Waals surface area contributed by atoms with E-state index in [1.807, 2.05) is 0 Å². The van der Waals surface area contributed by atoms with Crippen molar-refractivity contribution < 1.29 is 13.6 Å². The van der Waals surface area contributed by atoms with Gasteiger partial charge in [-0.05, 0) is 12.5 Å². The van der Waals surface area contributed by atoms with Gasteiger partial charge in [-0.3, -0.25) is 4.79 Å². The Morgan fingerprint density at radius 1 is 1.50 bits per heavy atom. The van der Waals surface area contributed by atoms with Gasteiger partial charge >= 0.3 is 0 Å². The zero-order chi connectivity index (χ0) is 12.1. The molecule has 0 bridgehead atoms. The molecule has 5 heteroatoms. The number of nitrogens with two attached hydrogens (primary N) is 1. The van der Waals surface area contributed by atoms with Gasteiger partial charge in [-0.15, -0.1) is 0 Å². The maximum atomic E-state index is 13.4. The van der Waals surface area contributed by atoms with E-state index < -0.39 is 17.7 Å². The largest absolute Gasteiger partial charge is 0.348 e. The van der Waals surface area contributed by atoms with Crippen LogP contribution in [-0.4, -0.2) is 12.5 Å². The van der Waals surface area contributed by atoms with E-state index in [0.717, 1.165) is 12.1 Å². The molecule has 1 atom stereocenters. The normalized spacial score (nSPS) is 12.2. The van der Waals surface area contributed by atoms with Gasteiger partial charge in [0.2, 0.25) is 5.91 Å². The fourth-order valence-electron chi connectivity index (χ4n) is 1.44. The molecule has 1 rings (SSSR count). The fraction of sp³-hybridized carbons (Fsp3) is 0.364. The Hall–Kier alpha value is -1.49. The molecular formula is C11H14F2N2O. The lowest BCUT2D eigenvalue weighted by Gasteiger charge is -2.17. The Morgan fingerprint density at radius 3 is 2.69 bits per heavy atom. The third-order valence-electron chi connectivity index (χ3n) is 2.27. The summed E-state index contributed by atoms with van der Waals surface area (Å²) in [5, 5.41) is 2.57. The molecule has 1 amide bonds. The predicted octanol–water partition coefficient (Wildman–Crippen LogP) is 1.49. The van der Waals surface area contributed by atoms with Crippen LogP contribution >= 0.6 is 0 Å². The Labute approximate surface area is 92.6 Å². The lowest BCUT2D eigenvalue weighted by molar-refractivity contribution is -0.120. The van der Waals surface area contributed by atoms with Crippen molar-refractivity contribution in [1.82, 2.24) is 5.32 Å². The number of halogens is 2. The molecule has 0 aromatic heterocycles. The summed E-state index contributed by atoms with van der Waals surface area (Å²) < 4.78 is 26.1. The Bertz CT molecular complexity index is 382. The zero-order valence-corrected chi connectivity index (χ0v) is 8.97. The van der Waals surface area contributed by atoms with E-state index in [-0.39, 0.29) is 18.0 Å². The molecule has 1 aromatic rings. The van der Waals surface area contributed by atoms with Crippen LogP contribution in [0.25, 0.3) is 0 Å². The van der Waals surface area contributed by atoms with Crippen LogP contribution in [0.1, 0.15) is 24.9 Å². The van der Waals surface area contributed by atoms with E-state index in [2.05, 4.69) is 5.32 Å². The van der Waals surface area contributed by atoms with Gasteiger partial charge in [-0.25, -0.2) is 8.78 Å². The molecule has 1 aromatic carbocycles. The minimum Gasteiger partial charge on any atom is -0.348 e. The summed E-state index contributed by atoms with van der Waals surface area (Å²) in [6.07, 6.45) is 0.508. The lowest BCUT2D eigenvalue weighted by atomic mass is 10.0. The van der Waals surface area contributed by atoms with Crippen molar-refractivity contribution in [2.75, 3.05) is 6.54 Å². The smallest absolute Gasteiger partial charge is 0.234 e. The summed E-state index contributed by atoms with van der Waals surface area (Å²) in [6, 6.07) is 2.81. The van der Waals surface area contributed by atoms with Gasteiger partial charge in [0, 0.05) is 11.6 Å². The predicted molar refractivity (Wildman–Crippen MR) is 56.6 cm³/mol. The fourth-order valence-corrected chi connectivity index (χ4v) is 1.44. The Balaban J connectivity index is 2.90. The van der Waals surface area contributed by atoms with Crippen LogP contribution in [0.4, 0.5) is 8.78 Å². The van der Waals surface area contributed by atoms with Gasteiger partial charge in [-0.1, -0.05) is 13.0 Å². The van der Waals surface area contributed by atoms with Crippen molar-refractivity contribution in [2.24, 2.45) is 5.73 Å². The molecule has 0 heterocycles. The number of rotatable bonds is 4. The number of carbonyl (C=O) groups excluding carboxylic acids is 1. The highest BCUT2D eigenvalue weighted by Gasteiger charge is 2.16. The van der Waals surface area contributed by atoms with Gasteiger partial charge in [0.25, 0.3) is 0 Å². The second kappa shape index (κ2) is 5.55. The molecule has 0 aliphatic carbocycles. The quantitative estimate of drug-likeness (QED) is 0.820. The number of amides is 1. The van der Waals surface area contributed by atoms with Crippen molar-refractivity contribution in [3.63, 3.8) is 0 Å². The van der Waals surface area contributed by atoms with E-state index in [1.165, 1.54) is 6.07 Å². The third kappa shape index (κ3) is 3.00. The molecule has 88 valence electrons. The van der Waals surface area contributed by atoms with Gasteiger partial charge in [0.1, 0.15) is 11.6 Å². The molecule has 0 saturated heterocycles.